The Bertz CT molecular complexity index is 338. The van der Waals surface area contributed by atoms with Crippen LogP contribution in [0.3, 0.4) is 0 Å². The Kier molecular flexibility index (Phi) is 4.94. The van der Waals surface area contributed by atoms with Gasteiger partial charge in [0.1, 0.15) is 0 Å². The first kappa shape index (κ1) is 15.6. The van der Waals surface area contributed by atoms with Gasteiger partial charge in [-0.05, 0) is 44.9 Å². The standard InChI is InChI=1S/C14H22F3NO2/c15-14(16,17)10-3-1-2-9(8-10)13(20)18-11-4-6-12(19)7-5-11/h9-12,19H,1-8H2,(H,18,20). The number of halogens is 3. The fourth-order valence-electron chi connectivity index (χ4n) is 3.26. The summed E-state index contributed by atoms with van der Waals surface area (Å²) in [4.78, 5) is 12.1. The van der Waals surface area contributed by atoms with E-state index in [1.807, 2.05) is 0 Å². The monoisotopic (exact) mass is 293 g/mol. The van der Waals surface area contributed by atoms with Gasteiger partial charge in [0.2, 0.25) is 5.91 Å². The SMILES string of the molecule is O=C(NC1CCC(O)CC1)C1CCCC(C(F)(F)F)C1. The van der Waals surface area contributed by atoms with E-state index in [4.69, 9.17) is 0 Å². The van der Waals surface area contributed by atoms with Crippen molar-refractivity contribution in [2.45, 2.75) is 69.7 Å². The third-order valence-electron chi connectivity index (χ3n) is 4.55. The molecule has 0 aromatic rings. The zero-order chi connectivity index (χ0) is 14.8. The molecule has 3 nitrogen and oxygen atoms in total. The molecule has 2 saturated carbocycles. The highest BCUT2D eigenvalue weighted by atomic mass is 19.4. The Morgan fingerprint density at radius 1 is 1.05 bits per heavy atom. The Balaban J connectivity index is 1.83. The van der Waals surface area contributed by atoms with Crippen LogP contribution in [0.25, 0.3) is 0 Å². The van der Waals surface area contributed by atoms with Crippen molar-refractivity contribution >= 4 is 5.91 Å². The minimum atomic E-state index is -4.19. The number of alkyl halides is 3. The molecule has 2 aliphatic carbocycles. The molecule has 0 saturated heterocycles. The molecule has 2 aliphatic rings. The van der Waals surface area contributed by atoms with Crippen LogP contribution in [0.2, 0.25) is 0 Å². The molecule has 1 amide bonds. The highest BCUT2D eigenvalue weighted by Crippen LogP contribution is 2.40. The molecule has 0 aromatic carbocycles. The summed E-state index contributed by atoms with van der Waals surface area (Å²) < 4.78 is 38.2. The van der Waals surface area contributed by atoms with Crippen LogP contribution in [0.1, 0.15) is 51.4 Å². The second-order valence-electron chi connectivity index (χ2n) is 6.12. The van der Waals surface area contributed by atoms with Gasteiger partial charge in [0.15, 0.2) is 0 Å². The predicted molar refractivity (Wildman–Crippen MR) is 67.9 cm³/mol. The minimum Gasteiger partial charge on any atom is -0.393 e. The quantitative estimate of drug-likeness (QED) is 0.822. The van der Waals surface area contributed by atoms with Crippen LogP contribution in [0.15, 0.2) is 0 Å². The van der Waals surface area contributed by atoms with E-state index in [-0.39, 0.29) is 30.9 Å². The van der Waals surface area contributed by atoms with Crippen LogP contribution in [0, 0.1) is 11.8 Å². The summed E-state index contributed by atoms with van der Waals surface area (Å²) in [7, 11) is 0. The number of hydrogen-bond acceptors (Lipinski definition) is 2. The lowest BCUT2D eigenvalue weighted by atomic mass is 9.80. The van der Waals surface area contributed by atoms with Gasteiger partial charge in [0.05, 0.1) is 12.0 Å². The molecule has 2 N–H and O–H groups in total. The lowest BCUT2D eigenvalue weighted by molar-refractivity contribution is -0.186. The summed E-state index contributed by atoms with van der Waals surface area (Å²) in [5.41, 5.74) is 0. The summed E-state index contributed by atoms with van der Waals surface area (Å²) in [6.07, 6.45) is -0.680. The van der Waals surface area contributed by atoms with Gasteiger partial charge in [-0.3, -0.25) is 4.79 Å². The maximum Gasteiger partial charge on any atom is 0.391 e. The summed E-state index contributed by atoms with van der Waals surface area (Å²) >= 11 is 0. The molecule has 0 aliphatic heterocycles. The highest BCUT2D eigenvalue weighted by molar-refractivity contribution is 5.79. The molecule has 116 valence electrons. The van der Waals surface area contributed by atoms with Gasteiger partial charge in [-0.15, -0.1) is 0 Å². The van der Waals surface area contributed by atoms with E-state index < -0.39 is 18.0 Å². The van der Waals surface area contributed by atoms with Crippen LogP contribution in [0.5, 0.6) is 0 Å². The number of nitrogens with one attached hydrogen (secondary N) is 1. The lowest BCUT2D eigenvalue weighted by Gasteiger charge is -2.32. The van der Waals surface area contributed by atoms with Crippen molar-refractivity contribution in [2.75, 3.05) is 0 Å². The van der Waals surface area contributed by atoms with Crippen LogP contribution in [-0.4, -0.2) is 29.3 Å². The van der Waals surface area contributed by atoms with Crippen molar-refractivity contribution in [2.24, 2.45) is 11.8 Å². The molecular formula is C14H22F3NO2. The second kappa shape index (κ2) is 6.33. The molecule has 2 atom stereocenters. The number of rotatable bonds is 2. The molecule has 2 unspecified atom stereocenters. The first-order chi connectivity index (χ1) is 9.36. The van der Waals surface area contributed by atoms with Gasteiger partial charge >= 0.3 is 6.18 Å². The highest BCUT2D eigenvalue weighted by Gasteiger charge is 2.43. The molecule has 0 heterocycles. The summed E-state index contributed by atoms with van der Waals surface area (Å²) in [6, 6.07) is 0.0113. The second-order valence-corrected chi connectivity index (χ2v) is 6.12. The van der Waals surface area contributed by atoms with Gasteiger partial charge in [0, 0.05) is 12.0 Å². The van der Waals surface area contributed by atoms with Crippen molar-refractivity contribution in [1.29, 1.82) is 0 Å². The topological polar surface area (TPSA) is 49.3 Å². The van der Waals surface area contributed by atoms with E-state index in [0.29, 0.717) is 38.5 Å². The summed E-state index contributed by atoms with van der Waals surface area (Å²) in [5.74, 6) is -2.08. The first-order valence-corrected chi connectivity index (χ1v) is 7.41. The van der Waals surface area contributed by atoms with Gasteiger partial charge in [-0.2, -0.15) is 13.2 Å². The fourth-order valence-corrected chi connectivity index (χ4v) is 3.26. The zero-order valence-corrected chi connectivity index (χ0v) is 11.5. The van der Waals surface area contributed by atoms with Crippen molar-refractivity contribution < 1.29 is 23.1 Å². The Morgan fingerprint density at radius 2 is 1.70 bits per heavy atom. The molecule has 6 heteroatoms. The van der Waals surface area contributed by atoms with E-state index in [9.17, 15) is 23.1 Å². The first-order valence-electron chi connectivity index (χ1n) is 7.41. The van der Waals surface area contributed by atoms with Gasteiger partial charge in [0.25, 0.3) is 0 Å². The normalized spacial score (nSPS) is 35.6. The fraction of sp³-hybridized carbons (Fsp3) is 0.929. The Morgan fingerprint density at radius 3 is 2.30 bits per heavy atom. The van der Waals surface area contributed by atoms with Crippen LogP contribution in [0.4, 0.5) is 13.2 Å². The van der Waals surface area contributed by atoms with Crippen molar-refractivity contribution in [1.82, 2.24) is 5.32 Å². The molecule has 0 radical (unpaired) electrons. The summed E-state index contributed by atoms with van der Waals surface area (Å²) in [6.45, 7) is 0. The lowest BCUT2D eigenvalue weighted by Crippen LogP contribution is -2.43. The van der Waals surface area contributed by atoms with E-state index >= 15 is 0 Å². The van der Waals surface area contributed by atoms with Gasteiger partial charge < -0.3 is 10.4 Å². The smallest absolute Gasteiger partial charge is 0.391 e. The molecule has 0 spiro atoms. The molecule has 2 rings (SSSR count). The van der Waals surface area contributed by atoms with Crippen LogP contribution < -0.4 is 5.32 Å². The number of hydrogen-bond donors (Lipinski definition) is 2. The molecule has 20 heavy (non-hydrogen) atoms. The number of carbonyl (C=O) groups excluding carboxylic acids is 1. The molecule has 0 bridgehead atoms. The average Bonchev–Trinajstić information content (AvgIpc) is 2.40. The molecule has 2 fully saturated rings. The maximum atomic E-state index is 12.7. The molecule has 0 aromatic heterocycles. The van der Waals surface area contributed by atoms with E-state index in [2.05, 4.69) is 5.32 Å². The summed E-state index contributed by atoms with van der Waals surface area (Å²) in [5, 5.41) is 12.3. The van der Waals surface area contributed by atoms with Crippen molar-refractivity contribution in [3.8, 4) is 0 Å². The van der Waals surface area contributed by atoms with Gasteiger partial charge in [-0.25, -0.2) is 0 Å². The van der Waals surface area contributed by atoms with Crippen molar-refractivity contribution in [3.63, 3.8) is 0 Å². The Hall–Kier alpha value is -0.780. The number of aliphatic hydroxyl groups excluding tert-OH is 1. The van der Waals surface area contributed by atoms with Crippen LogP contribution >= 0.6 is 0 Å². The van der Waals surface area contributed by atoms with Crippen molar-refractivity contribution in [3.05, 3.63) is 0 Å². The predicted octanol–water partition coefficient (Wildman–Crippen LogP) is 2.77. The number of amides is 1. The average molecular weight is 293 g/mol. The number of carbonyl (C=O) groups is 1. The maximum absolute atomic E-state index is 12.7. The van der Waals surface area contributed by atoms with E-state index in [1.54, 1.807) is 0 Å². The van der Waals surface area contributed by atoms with E-state index in [0.717, 1.165) is 0 Å². The van der Waals surface area contributed by atoms with E-state index in [1.165, 1.54) is 0 Å². The van der Waals surface area contributed by atoms with Gasteiger partial charge in [-0.1, -0.05) is 6.42 Å². The molecular weight excluding hydrogens is 271 g/mol. The third-order valence-corrected chi connectivity index (χ3v) is 4.55. The number of aliphatic hydroxyl groups is 1. The zero-order valence-electron chi connectivity index (χ0n) is 11.5. The third kappa shape index (κ3) is 4.11. The largest absolute Gasteiger partial charge is 0.393 e. The minimum absolute atomic E-state index is 0.0113. The van der Waals surface area contributed by atoms with Crippen LogP contribution in [-0.2, 0) is 4.79 Å². The Labute approximate surface area is 116 Å².